The van der Waals surface area contributed by atoms with E-state index in [1.807, 2.05) is 0 Å². The molecule has 0 spiro atoms. The Morgan fingerprint density at radius 2 is 1.97 bits per heavy atom. The summed E-state index contributed by atoms with van der Waals surface area (Å²) in [4.78, 5) is 21.7. The fraction of sp³-hybridized carbons (Fsp3) is 0.632. The van der Waals surface area contributed by atoms with Gasteiger partial charge in [0.15, 0.2) is 0 Å². The maximum absolute atomic E-state index is 12.7. The van der Waals surface area contributed by atoms with E-state index in [4.69, 9.17) is 0 Å². The Morgan fingerprint density at radius 3 is 2.60 bits per heavy atom. The Hall–Kier alpha value is -2.08. The van der Waals surface area contributed by atoms with Gasteiger partial charge in [-0.2, -0.15) is 17.7 Å². The zero-order chi connectivity index (χ0) is 21.5. The van der Waals surface area contributed by atoms with Crippen molar-refractivity contribution in [1.29, 1.82) is 0 Å². The van der Waals surface area contributed by atoms with E-state index in [0.29, 0.717) is 43.9 Å². The quantitative estimate of drug-likeness (QED) is 0.626. The molecule has 0 radical (unpaired) electrons. The molecule has 164 valence electrons. The number of rotatable bonds is 5. The molecule has 2 aromatic heterocycles. The van der Waals surface area contributed by atoms with Crippen LogP contribution in [0.25, 0.3) is 11.0 Å². The van der Waals surface area contributed by atoms with Gasteiger partial charge in [0.25, 0.3) is 15.8 Å². The van der Waals surface area contributed by atoms with Crippen molar-refractivity contribution in [2.75, 3.05) is 25.5 Å². The predicted octanol–water partition coefficient (Wildman–Crippen LogP) is 0.608. The first kappa shape index (κ1) is 21.2. The summed E-state index contributed by atoms with van der Waals surface area (Å²) in [6.07, 6.45) is 5.14. The smallest absolute Gasteiger partial charge is 0.279 e. The lowest BCUT2D eigenvalue weighted by Gasteiger charge is -2.31. The summed E-state index contributed by atoms with van der Waals surface area (Å²) < 4.78 is 29.2. The summed E-state index contributed by atoms with van der Waals surface area (Å²) in [5, 5.41) is 14.8. The van der Waals surface area contributed by atoms with Crippen LogP contribution in [0.1, 0.15) is 45.1 Å². The van der Waals surface area contributed by atoms with Crippen molar-refractivity contribution in [3.63, 3.8) is 0 Å². The maximum Gasteiger partial charge on any atom is 0.279 e. The Morgan fingerprint density at radius 1 is 1.23 bits per heavy atom. The molecule has 2 aromatic rings. The van der Waals surface area contributed by atoms with Crippen molar-refractivity contribution in [3.05, 3.63) is 28.7 Å². The number of pyridine rings is 1. The Kier molecular flexibility index (Phi) is 5.56. The van der Waals surface area contributed by atoms with Crippen LogP contribution in [-0.2, 0) is 10.2 Å². The molecule has 2 aliphatic rings. The average Bonchev–Trinajstić information content (AvgIpc) is 3.07. The molecule has 11 heteroatoms. The van der Waals surface area contributed by atoms with Crippen molar-refractivity contribution in [2.24, 2.45) is 0 Å². The highest BCUT2D eigenvalue weighted by Crippen LogP contribution is 2.39. The molecule has 1 saturated carbocycles. The van der Waals surface area contributed by atoms with Crippen molar-refractivity contribution >= 4 is 27.2 Å². The largest absolute Gasteiger partial charge is 0.388 e. The molecule has 1 aliphatic carbocycles. The van der Waals surface area contributed by atoms with Gasteiger partial charge in [-0.3, -0.25) is 9.36 Å². The van der Waals surface area contributed by atoms with Gasteiger partial charge in [-0.15, -0.1) is 0 Å². The summed E-state index contributed by atoms with van der Waals surface area (Å²) in [5.41, 5.74) is -0.644. The van der Waals surface area contributed by atoms with Crippen LogP contribution >= 0.6 is 0 Å². The normalized spacial score (nSPS) is 26.3. The van der Waals surface area contributed by atoms with Gasteiger partial charge in [-0.25, -0.2) is 9.71 Å². The zero-order valence-corrected chi connectivity index (χ0v) is 18.0. The second kappa shape index (κ2) is 7.88. The molecule has 0 aromatic carbocycles. The molecule has 1 saturated heterocycles. The monoisotopic (exact) mass is 436 g/mol. The summed E-state index contributed by atoms with van der Waals surface area (Å²) in [6.45, 7) is 2.58. The van der Waals surface area contributed by atoms with Crippen molar-refractivity contribution in [2.45, 2.75) is 56.7 Å². The molecule has 3 heterocycles. The second-order valence-electron chi connectivity index (χ2n) is 8.31. The van der Waals surface area contributed by atoms with Crippen LogP contribution in [0.2, 0.25) is 0 Å². The van der Waals surface area contributed by atoms with Crippen LogP contribution in [0.5, 0.6) is 0 Å². The number of nitrogens with zero attached hydrogens (tertiary/aromatic N) is 4. The van der Waals surface area contributed by atoms with E-state index in [-0.39, 0.29) is 17.6 Å². The van der Waals surface area contributed by atoms with Crippen molar-refractivity contribution in [3.8, 4) is 0 Å². The topological polar surface area (TPSA) is 129 Å². The van der Waals surface area contributed by atoms with Crippen molar-refractivity contribution < 1.29 is 13.5 Å². The molecular formula is C19H28N6O4S. The van der Waals surface area contributed by atoms with E-state index in [0.717, 1.165) is 18.2 Å². The van der Waals surface area contributed by atoms with Gasteiger partial charge in [0.05, 0.1) is 11.6 Å². The van der Waals surface area contributed by atoms with Gasteiger partial charge < -0.3 is 10.4 Å². The highest BCUT2D eigenvalue weighted by atomic mass is 32.2. The summed E-state index contributed by atoms with van der Waals surface area (Å²) in [7, 11) is -2.01. The van der Waals surface area contributed by atoms with Gasteiger partial charge in [0.2, 0.25) is 5.95 Å². The fourth-order valence-electron chi connectivity index (χ4n) is 4.50. The molecule has 10 nitrogen and oxygen atoms in total. The number of aromatic nitrogens is 3. The predicted molar refractivity (Wildman–Crippen MR) is 114 cm³/mol. The minimum Gasteiger partial charge on any atom is -0.388 e. The third-order valence-corrected chi connectivity index (χ3v) is 7.80. The molecule has 30 heavy (non-hydrogen) atoms. The fourth-order valence-corrected chi connectivity index (χ4v) is 5.45. The third kappa shape index (κ3) is 3.94. The lowest BCUT2D eigenvalue weighted by atomic mass is 10.00. The molecule has 0 amide bonds. The molecule has 3 N–H and O–H groups in total. The lowest BCUT2D eigenvalue weighted by molar-refractivity contribution is 0.0267. The van der Waals surface area contributed by atoms with Gasteiger partial charge >= 0.3 is 0 Å². The standard InChI is InChI=1S/C19H28N6O4S/c1-19(27)9-3-4-15(19)25-16(26)6-5-13-12-21-18(23-17(13)25)22-14-7-10-24(11-8-14)30(28,29)20-2/h5-6,12,14-15,20,27H,3-4,7-11H2,1-2H3,(H,21,22,23)/t15-,19-/m0/s1. The number of hydrogen-bond donors (Lipinski definition) is 3. The van der Waals surface area contributed by atoms with Crippen LogP contribution < -0.4 is 15.6 Å². The average molecular weight is 437 g/mol. The Labute approximate surface area is 175 Å². The highest BCUT2D eigenvalue weighted by molar-refractivity contribution is 7.87. The summed E-state index contributed by atoms with van der Waals surface area (Å²) in [6, 6.07) is 2.89. The van der Waals surface area contributed by atoms with Gasteiger partial charge in [0.1, 0.15) is 5.65 Å². The number of aliphatic hydroxyl groups is 1. The van der Waals surface area contributed by atoms with E-state index >= 15 is 0 Å². The Bertz CT molecular complexity index is 1090. The molecule has 2 fully saturated rings. The molecule has 1 aliphatic heterocycles. The van der Waals surface area contributed by atoms with Crippen LogP contribution in [0.4, 0.5) is 5.95 Å². The molecule has 0 bridgehead atoms. The van der Waals surface area contributed by atoms with Crippen LogP contribution in [0.15, 0.2) is 23.1 Å². The van der Waals surface area contributed by atoms with Crippen LogP contribution in [0, 0.1) is 0 Å². The maximum atomic E-state index is 12.7. The number of hydrogen-bond acceptors (Lipinski definition) is 7. The first-order valence-electron chi connectivity index (χ1n) is 10.3. The van der Waals surface area contributed by atoms with E-state index in [9.17, 15) is 18.3 Å². The van der Waals surface area contributed by atoms with E-state index < -0.39 is 15.8 Å². The van der Waals surface area contributed by atoms with E-state index in [2.05, 4.69) is 20.0 Å². The molecular weight excluding hydrogens is 408 g/mol. The van der Waals surface area contributed by atoms with Crippen LogP contribution in [0.3, 0.4) is 0 Å². The summed E-state index contributed by atoms with van der Waals surface area (Å²) >= 11 is 0. The number of fused-ring (bicyclic) bond motifs is 1. The molecule has 2 atom stereocenters. The van der Waals surface area contributed by atoms with Gasteiger partial charge in [-0.1, -0.05) is 0 Å². The SMILES string of the molecule is CNS(=O)(=O)N1CCC(Nc2ncc3ccc(=O)n([C@H]4CCC[C@]4(C)O)c3n2)CC1. The first-order chi connectivity index (χ1) is 14.2. The second-order valence-corrected chi connectivity index (χ2v) is 10.2. The van der Waals surface area contributed by atoms with Crippen molar-refractivity contribution in [1.82, 2.24) is 23.6 Å². The number of anilines is 1. The minimum atomic E-state index is -3.41. The first-order valence-corrected chi connectivity index (χ1v) is 11.7. The zero-order valence-electron chi connectivity index (χ0n) is 17.2. The number of nitrogens with one attached hydrogen (secondary N) is 2. The molecule has 0 unspecified atom stereocenters. The van der Waals surface area contributed by atoms with Crippen LogP contribution in [-0.4, -0.2) is 64.1 Å². The lowest BCUT2D eigenvalue weighted by Crippen LogP contribution is -2.46. The summed E-state index contributed by atoms with van der Waals surface area (Å²) in [5.74, 6) is 0.398. The van der Waals surface area contributed by atoms with E-state index in [1.54, 1.807) is 23.8 Å². The third-order valence-electron chi connectivity index (χ3n) is 6.24. The minimum absolute atomic E-state index is 0.0317. The Balaban J connectivity index is 1.58. The number of piperidine rings is 1. The van der Waals surface area contributed by atoms with Gasteiger partial charge in [0, 0.05) is 43.8 Å². The molecule has 4 rings (SSSR count). The highest BCUT2D eigenvalue weighted by Gasteiger charge is 2.39. The van der Waals surface area contributed by atoms with E-state index in [1.165, 1.54) is 17.4 Å². The van der Waals surface area contributed by atoms with Gasteiger partial charge in [-0.05, 0) is 45.1 Å².